The SMILES string of the molecule is Cc1nc2ccccc2n1C1CCN(C(=O)C(C)Oc2ccc3c(c2)OCO3)C1. The Morgan fingerprint density at radius 3 is 2.93 bits per heavy atom. The molecule has 0 saturated carbocycles. The molecule has 2 aliphatic rings. The number of fused-ring (bicyclic) bond motifs is 2. The van der Waals surface area contributed by atoms with E-state index in [2.05, 4.69) is 15.6 Å². The molecule has 1 aromatic heterocycles. The van der Waals surface area contributed by atoms with Gasteiger partial charge >= 0.3 is 0 Å². The highest BCUT2D eigenvalue weighted by Gasteiger charge is 2.32. The van der Waals surface area contributed by atoms with Crippen LogP contribution >= 0.6 is 0 Å². The summed E-state index contributed by atoms with van der Waals surface area (Å²) < 4.78 is 18.8. The average molecular weight is 393 g/mol. The maximum Gasteiger partial charge on any atom is 0.263 e. The van der Waals surface area contributed by atoms with Gasteiger partial charge in [0, 0.05) is 19.2 Å². The van der Waals surface area contributed by atoms with Gasteiger partial charge in [-0.05, 0) is 44.5 Å². The summed E-state index contributed by atoms with van der Waals surface area (Å²) in [5.74, 6) is 2.91. The van der Waals surface area contributed by atoms with Crippen LogP contribution in [0.1, 0.15) is 25.2 Å². The number of nitrogens with zero attached hydrogens (tertiary/aromatic N) is 3. The van der Waals surface area contributed by atoms with Gasteiger partial charge in [0.1, 0.15) is 11.6 Å². The molecule has 2 unspecified atom stereocenters. The van der Waals surface area contributed by atoms with Crippen molar-refractivity contribution < 1.29 is 19.0 Å². The molecule has 1 saturated heterocycles. The molecule has 150 valence electrons. The third-order valence-electron chi connectivity index (χ3n) is 5.62. The summed E-state index contributed by atoms with van der Waals surface area (Å²) in [5, 5.41) is 0. The van der Waals surface area contributed by atoms with Crippen LogP contribution in [0.15, 0.2) is 42.5 Å². The van der Waals surface area contributed by atoms with E-state index in [-0.39, 0.29) is 18.7 Å². The molecular formula is C22H23N3O4. The molecule has 0 aliphatic carbocycles. The lowest BCUT2D eigenvalue weighted by Gasteiger charge is -2.22. The van der Waals surface area contributed by atoms with Gasteiger partial charge in [0.25, 0.3) is 5.91 Å². The number of carbonyl (C=O) groups excluding carboxylic acids is 1. The van der Waals surface area contributed by atoms with Crippen molar-refractivity contribution >= 4 is 16.9 Å². The Kier molecular flexibility index (Phi) is 4.30. The van der Waals surface area contributed by atoms with E-state index in [9.17, 15) is 4.79 Å². The van der Waals surface area contributed by atoms with E-state index in [0.717, 1.165) is 23.3 Å². The van der Waals surface area contributed by atoms with Gasteiger partial charge in [-0.2, -0.15) is 0 Å². The highest BCUT2D eigenvalue weighted by atomic mass is 16.7. The number of carbonyl (C=O) groups is 1. The van der Waals surface area contributed by atoms with Gasteiger partial charge in [-0.3, -0.25) is 4.79 Å². The van der Waals surface area contributed by atoms with Gasteiger partial charge in [0.05, 0.1) is 17.1 Å². The number of amides is 1. The van der Waals surface area contributed by atoms with E-state index in [1.165, 1.54) is 0 Å². The maximum atomic E-state index is 13.0. The van der Waals surface area contributed by atoms with E-state index in [1.54, 1.807) is 25.1 Å². The maximum absolute atomic E-state index is 13.0. The first kappa shape index (κ1) is 17.8. The van der Waals surface area contributed by atoms with Crippen LogP contribution in [0.2, 0.25) is 0 Å². The van der Waals surface area contributed by atoms with Crippen molar-refractivity contribution in [2.75, 3.05) is 19.9 Å². The highest BCUT2D eigenvalue weighted by Crippen LogP contribution is 2.35. The molecule has 7 nitrogen and oxygen atoms in total. The standard InChI is InChI=1S/C22H23N3O4/c1-14(29-17-7-8-20-21(11-17)28-13-27-20)22(26)24-10-9-16(12-24)25-15(2)23-18-5-3-4-6-19(18)25/h3-8,11,14,16H,9-10,12-13H2,1-2H3. The summed E-state index contributed by atoms with van der Waals surface area (Å²) in [6, 6.07) is 13.7. The zero-order valence-electron chi connectivity index (χ0n) is 16.5. The van der Waals surface area contributed by atoms with Gasteiger partial charge in [-0.15, -0.1) is 0 Å². The van der Waals surface area contributed by atoms with Crippen LogP contribution in [-0.4, -0.2) is 46.3 Å². The molecule has 2 atom stereocenters. The molecule has 2 aromatic carbocycles. The van der Waals surface area contributed by atoms with Gasteiger partial charge in [0.15, 0.2) is 17.6 Å². The van der Waals surface area contributed by atoms with E-state index < -0.39 is 6.10 Å². The van der Waals surface area contributed by atoms with Gasteiger partial charge in [-0.1, -0.05) is 12.1 Å². The molecule has 1 fully saturated rings. The van der Waals surface area contributed by atoms with Crippen molar-refractivity contribution in [2.24, 2.45) is 0 Å². The number of benzene rings is 2. The molecule has 0 bridgehead atoms. The Bertz CT molecular complexity index is 1080. The minimum absolute atomic E-state index is 0.00718. The fraction of sp³-hybridized carbons (Fsp3) is 0.364. The second-order valence-corrected chi connectivity index (χ2v) is 7.52. The molecule has 29 heavy (non-hydrogen) atoms. The van der Waals surface area contributed by atoms with Crippen molar-refractivity contribution in [3.05, 3.63) is 48.3 Å². The molecular weight excluding hydrogens is 370 g/mol. The van der Waals surface area contributed by atoms with E-state index >= 15 is 0 Å². The highest BCUT2D eigenvalue weighted by molar-refractivity contribution is 5.81. The zero-order chi connectivity index (χ0) is 20.0. The third-order valence-corrected chi connectivity index (χ3v) is 5.62. The number of hydrogen-bond acceptors (Lipinski definition) is 5. The van der Waals surface area contributed by atoms with Crippen LogP contribution in [0.4, 0.5) is 0 Å². The first-order valence-electron chi connectivity index (χ1n) is 9.89. The number of likely N-dealkylation sites (tertiary alicyclic amines) is 1. The summed E-state index contributed by atoms with van der Waals surface area (Å²) in [4.78, 5) is 19.5. The Balaban J connectivity index is 1.28. The van der Waals surface area contributed by atoms with Gasteiger partial charge in [0.2, 0.25) is 6.79 Å². The number of para-hydroxylation sites is 2. The van der Waals surface area contributed by atoms with E-state index in [1.807, 2.05) is 30.0 Å². The molecule has 1 amide bonds. The molecule has 5 rings (SSSR count). The molecule has 0 spiro atoms. The van der Waals surface area contributed by atoms with Crippen LogP contribution in [-0.2, 0) is 4.79 Å². The lowest BCUT2D eigenvalue weighted by Crippen LogP contribution is -2.39. The van der Waals surface area contributed by atoms with Crippen molar-refractivity contribution in [3.63, 3.8) is 0 Å². The number of rotatable bonds is 4. The summed E-state index contributed by atoms with van der Waals surface area (Å²) in [6.07, 6.45) is 0.332. The van der Waals surface area contributed by atoms with E-state index in [4.69, 9.17) is 14.2 Å². The number of ether oxygens (including phenoxy) is 3. The third kappa shape index (κ3) is 3.16. The van der Waals surface area contributed by atoms with Gasteiger partial charge < -0.3 is 23.7 Å². The predicted molar refractivity (Wildman–Crippen MR) is 107 cm³/mol. The van der Waals surface area contributed by atoms with Crippen LogP contribution < -0.4 is 14.2 Å². The fourth-order valence-electron chi connectivity index (χ4n) is 4.24. The van der Waals surface area contributed by atoms with Crippen LogP contribution in [0.5, 0.6) is 17.2 Å². The van der Waals surface area contributed by atoms with Crippen molar-refractivity contribution in [2.45, 2.75) is 32.4 Å². The van der Waals surface area contributed by atoms with Crippen molar-refractivity contribution in [1.82, 2.24) is 14.5 Å². The summed E-state index contributed by atoms with van der Waals surface area (Å²) in [6.45, 7) is 5.40. The second-order valence-electron chi connectivity index (χ2n) is 7.52. The first-order chi connectivity index (χ1) is 14.1. The normalized spacial score (nSPS) is 19.0. The quantitative estimate of drug-likeness (QED) is 0.680. The number of hydrogen-bond donors (Lipinski definition) is 0. The molecule has 7 heteroatoms. The Labute approximate surface area is 168 Å². The zero-order valence-corrected chi connectivity index (χ0v) is 16.5. The molecule has 0 radical (unpaired) electrons. The van der Waals surface area contributed by atoms with Crippen molar-refractivity contribution in [1.29, 1.82) is 0 Å². The Morgan fingerprint density at radius 2 is 2.03 bits per heavy atom. The van der Waals surface area contributed by atoms with Crippen molar-refractivity contribution in [3.8, 4) is 17.2 Å². The summed E-state index contributed by atoms with van der Waals surface area (Å²) in [7, 11) is 0. The Morgan fingerprint density at radius 1 is 1.21 bits per heavy atom. The second kappa shape index (κ2) is 6.99. The molecule has 3 aromatic rings. The number of aromatic nitrogens is 2. The molecule has 3 heterocycles. The first-order valence-corrected chi connectivity index (χ1v) is 9.89. The Hall–Kier alpha value is -3.22. The topological polar surface area (TPSA) is 65.8 Å². The fourth-order valence-corrected chi connectivity index (χ4v) is 4.24. The number of imidazole rings is 1. The minimum Gasteiger partial charge on any atom is -0.481 e. The summed E-state index contributed by atoms with van der Waals surface area (Å²) >= 11 is 0. The largest absolute Gasteiger partial charge is 0.481 e. The van der Waals surface area contributed by atoms with Crippen LogP contribution in [0, 0.1) is 6.92 Å². The average Bonchev–Trinajstić information content (AvgIpc) is 3.44. The smallest absolute Gasteiger partial charge is 0.263 e. The van der Waals surface area contributed by atoms with Gasteiger partial charge in [-0.25, -0.2) is 4.98 Å². The minimum atomic E-state index is -0.574. The lowest BCUT2D eigenvalue weighted by molar-refractivity contribution is -0.136. The molecule has 2 aliphatic heterocycles. The monoisotopic (exact) mass is 393 g/mol. The lowest BCUT2D eigenvalue weighted by atomic mass is 10.2. The van der Waals surface area contributed by atoms with E-state index in [0.29, 0.717) is 30.3 Å². The van der Waals surface area contributed by atoms with Crippen LogP contribution in [0.25, 0.3) is 11.0 Å². The molecule has 0 N–H and O–H groups in total. The predicted octanol–water partition coefficient (Wildman–Crippen LogP) is 3.31. The van der Waals surface area contributed by atoms with Crippen LogP contribution in [0.3, 0.4) is 0 Å². The summed E-state index contributed by atoms with van der Waals surface area (Å²) in [5.41, 5.74) is 2.11. The number of aryl methyl sites for hydroxylation is 1.